The van der Waals surface area contributed by atoms with Gasteiger partial charge in [0.15, 0.2) is 0 Å². The van der Waals surface area contributed by atoms with Gasteiger partial charge < -0.3 is 5.32 Å². The van der Waals surface area contributed by atoms with Gasteiger partial charge in [-0.05, 0) is 37.4 Å². The summed E-state index contributed by atoms with van der Waals surface area (Å²) in [6.07, 6.45) is 2.69. The molecule has 0 bridgehead atoms. The van der Waals surface area contributed by atoms with Crippen molar-refractivity contribution in [3.8, 4) is 0 Å². The van der Waals surface area contributed by atoms with Crippen LogP contribution in [0.15, 0.2) is 24.3 Å². The number of likely N-dealkylation sites (N-methyl/N-ethyl adjacent to an activating group) is 1. The van der Waals surface area contributed by atoms with Crippen molar-refractivity contribution in [2.24, 2.45) is 5.92 Å². The molecule has 0 radical (unpaired) electrons. The number of hydrogen-bond acceptors (Lipinski definition) is 2. The van der Waals surface area contributed by atoms with Gasteiger partial charge in [0.25, 0.3) is 0 Å². The minimum absolute atomic E-state index is 0.553. The van der Waals surface area contributed by atoms with Gasteiger partial charge in [-0.25, -0.2) is 0 Å². The second-order valence-corrected chi connectivity index (χ2v) is 6.41. The van der Waals surface area contributed by atoms with Crippen LogP contribution in [0.4, 0.5) is 0 Å². The molecule has 19 heavy (non-hydrogen) atoms. The molecule has 1 fully saturated rings. The van der Waals surface area contributed by atoms with E-state index >= 15 is 0 Å². The molecule has 1 aromatic carbocycles. The van der Waals surface area contributed by atoms with E-state index in [1.807, 2.05) is 12.1 Å². The summed E-state index contributed by atoms with van der Waals surface area (Å²) in [6, 6.07) is 9.46. The SMILES string of the molecule is CC(C)C(CNC1CC1)N(C)Cc1ccccc1Cl. The predicted octanol–water partition coefficient (Wildman–Crippen LogP) is 3.55. The smallest absolute Gasteiger partial charge is 0.0451 e. The zero-order valence-electron chi connectivity index (χ0n) is 12.2. The Morgan fingerprint density at radius 3 is 2.58 bits per heavy atom. The van der Waals surface area contributed by atoms with E-state index in [4.69, 9.17) is 11.6 Å². The summed E-state index contributed by atoms with van der Waals surface area (Å²) in [6.45, 7) is 6.57. The number of hydrogen-bond donors (Lipinski definition) is 1. The molecule has 1 aliphatic rings. The molecule has 0 heterocycles. The maximum atomic E-state index is 6.25. The number of rotatable bonds is 7. The van der Waals surface area contributed by atoms with Crippen molar-refractivity contribution in [2.75, 3.05) is 13.6 Å². The van der Waals surface area contributed by atoms with Crippen LogP contribution in [0.5, 0.6) is 0 Å². The molecule has 3 heteroatoms. The van der Waals surface area contributed by atoms with Crippen molar-refractivity contribution in [1.29, 1.82) is 0 Å². The fourth-order valence-corrected chi connectivity index (χ4v) is 2.68. The molecule has 0 aliphatic heterocycles. The van der Waals surface area contributed by atoms with Gasteiger partial charge in [-0.15, -0.1) is 0 Å². The molecule has 1 unspecified atom stereocenters. The predicted molar refractivity (Wildman–Crippen MR) is 82.6 cm³/mol. The first-order valence-electron chi connectivity index (χ1n) is 7.25. The number of nitrogens with one attached hydrogen (secondary N) is 1. The largest absolute Gasteiger partial charge is 0.312 e. The Labute approximate surface area is 122 Å². The number of halogens is 1. The highest BCUT2D eigenvalue weighted by molar-refractivity contribution is 6.31. The first kappa shape index (κ1) is 14.8. The van der Waals surface area contributed by atoms with E-state index in [1.165, 1.54) is 18.4 Å². The van der Waals surface area contributed by atoms with E-state index in [9.17, 15) is 0 Å². The van der Waals surface area contributed by atoms with Crippen LogP contribution in [0.2, 0.25) is 5.02 Å². The van der Waals surface area contributed by atoms with Crippen molar-refractivity contribution in [2.45, 2.75) is 45.3 Å². The topological polar surface area (TPSA) is 15.3 Å². The van der Waals surface area contributed by atoms with Gasteiger partial charge in [-0.3, -0.25) is 4.90 Å². The van der Waals surface area contributed by atoms with Gasteiger partial charge in [-0.1, -0.05) is 43.6 Å². The van der Waals surface area contributed by atoms with Crippen LogP contribution in [-0.4, -0.2) is 30.6 Å². The monoisotopic (exact) mass is 280 g/mol. The van der Waals surface area contributed by atoms with Crippen LogP contribution in [-0.2, 0) is 6.54 Å². The minimum Gasteiger partial charge on any atom is -0.312 e. The van der Waals surface area contributed by atoms with Crippen LogP contribution >= 0.6 is 11.6 Å². The van der Waals surface area contributed by atoms with E-state index in [0.29, 0.717) is 12.0 Å². The second-order valence-electron chi connectivity index (χ2n) is 6.00. The highest BCUT2D eigenvalue weighted by Gasteiger charge is 2.25. The molecule has 0 aromatic heterocycles. The second kappa shape index (κ2) is 6.74. The third-order valence-electron chi connectivity index (χ3n) is 3.91. The van der Waals surface area contributed by atoms with Crippen LogP contribution in [0.3, 0.4) is 0 Å². The van der Waals surface area contributed by atoms with Crippen LogP contribution in [0, 0.1) is 5.92 Å². The molecule has 0 saturated heterocycles. The van der Waals surface area contributed by atoms with E-state index in [-0.39, 0.29) is 0 Å². The van der Waals surface area contributed by atoms with Crippen LogP contribution in [0.25, 0.3) is 0 Å². The molecule has 0 spiro atoms. The summed E-state index contributed by atoms with van der Waals surface area (Å²) in [5.74, 6) is 0.638. The molecule has 106 valence electrons. The summed E-state index contributed by atoms with van der Waals surface area (Å²) < 4.78 is 0. The number of benzene rings is 1. The molecule has 1 aromatic rings. The van der Waals surface area contributed by atoms with Crippen molar-refractivity contribution in [1.82, 2.24) is 10.2 Å². The van der Waals surface area contributed by atoms with Gasteiger partial charge in [-0.2, -0.15) is 0 Å². The zero-order valence-corrected chi connectivity index (χ0v) is 13.0. The first-order chi connectivity index (χ1) is 9.08. The van der Waals surface area contributed by atoms with E-state index in [2.05, 4.69) is 43.2 Å². The molecular formula is C16H25ClN2. The van der Waals surface area contributed by atoms with Crippen LogP contribution in [0.1, 0.15) is 32.3 Å². The highest BCUT2D eigenvalue weighted by Crippen LogP contribution is 2.21. The Balaban J connectivity index is 1.94. The normalized spacial score (nSPS) is 17.2. The maximum Gasteiger partial charge on any atom is 0.0451 e. The van der Waals surface area contributed by atoms with Gasteiger partial charge in [0, 0.05) is 30.2 Å². The average molecular weight is 281 g/mol. The van der Waals surface area contributed by atoms with Gasteiger partial charge >= 0.3 is 0 Å². The maximum absolute atomic E-state index is 6.25. The summed E-state index contributed by atoms with van der Waals surface area (Å²) >= 11 is 6.25. The van der Waals surface area contributed by atoms with Crippen molar-refractivity contribution < 1.29 is 0 Å². The first-order valence-corrected chi connectivity index (χ1v) is 7.62. The zero-order chi connectivity index (χ0) is 13.8. The van der Waals surface area contributed by atoms with E-state index < -0.39 is 0 Å². The summed E-state index contributed by atoms with van der Waals surface area (Å²) in [4.78, 5) is 2.42. The average Bonchev–Trinajstić information content (AvgIpc) is 3.16. The Kier molecular flexibility index (Phi) is 5.26. The molecule has 2 rings (SSSR count). The lowest BCUT2D eigenvalue weighted by Crippen LogP contribution is -2.43. The highest BCUT2D eigenvalue weighted by atomic mass is 35.5. The lowest BCUT2D eigenvalue weighted by atomic mass is 10.0. The van der Waals surface area contributed by atoms with Crippen molar-refractivity contribution in [3.63, 3.8) is 0 Å². The summed E-state index contributed by atoms with van der Waals surface area (Å²) in [5.41, 5.74) is 1.21. The van der Waals surface area contributed by atoms with E-state index in [0.717, 1.165) is 24.2 Å². The lowest BCUT2D eigenvalue weighted by Gasteiger charge is -2.32. The fourth-order valence-electron chi connectivity index (χ4n) is 2.49. The standard InChI is InChI=1S/C16H25ClN2/c1-12(2)16(10-18-14-8-9-14)19(3)11-13-6-4-5-7-15(13)17/h4-7,12,14,16,18H,8-11H2,1-3H3. The van der Waals surface area contributed by atoms with E-state index in [1.54, 1.807) is 0 Å². The quantitative estimate of drug-likeness (QED) is 0.822. The fraction of sp³-hybridized carbons (Fsp3) is 0.625. The Bertz CT molecular complexity index is 401. The van der Waals surface area contributed by atoms with Gasteiger partial charge in [0.1, 0.15) is 0 Å². The third-order valence-corrected chi connectivity index (χ3v) is 4.28. The summed E-state index contributed by atoms with van der Waals surface area (Å²) in [5, 5.41) is 4.51. The molecule has 0 amide bonds. The van der Waals surface area contributed by atoms with Gasteiger partial charge in [0.2, 0.25) is 0 Å². The Hall–Kier alpha value is -0.570. The molecule has 1 saturated carbocycles. The minimum atomic E-state index is 0.553. The third kappa shape index (κ3) is 4.48. The Morgan fingerprint density at radius 1 is 1.32 bits per heavy atom. The number of nitrogens with zero attached hydrogens (tertiary/aromatic N) is 1. The van der Waals surface area contributed by atoms with Crippen molar-refractivity contribution in [3.05, 3.63) is 34.9 Å². The lowest BCUT2D eigenvalue weighted by molar-refractivity contribution is 0.179. The van der Waals surface area contributed by atoms with Gasteiger partial charge in [0.05, 0.1) is 0 Å². The molecule has 2 nitrogen and oxygen atoms in total. The summed E-state index contributed by atoms with van der Waals surface area (Å²) in [7, 11) is 2.20. The molecule has 1 N–H and O–H groups in total. The van der Waals surface area contributed by atoms with Crippen molar-refractivity contribution >= 4 is 11.6 Å². The van der Waals surface area contributed by atoms with Crippen LogP contribution < -0.4 is 5.32 Å². The molecule has 1 aliphatic carbocycles. The molecule has 1 atom stereocenters. The molecular weight excluding hydrogens is 256 g/mol. The Morgan fingerprint density at radius 2 is 2.00 bits per heavy atom.